The molecule has 2 N–H and O–H groups in total. The maximum Gasteiger partial charge on any atom is 0.323 e. The molecule has 0 radical (unpaired) electrons. The molecule has 2 amide bonds. The first kappa shape index (κ1) is 18.3. The van der Waals surface area contributed by atoms with Gasteiger partial charge < -0.3 is 10.6 Å². The standard InChI is InChI=1S/C22H18FN3OS/c23-17-9-6-15(7-10-17)14-28-21-12-16-8-11-19(13-20(16)26-21)25-22(27)24-18-4-2-1-3-5-18/h1-11,13H,12,14H2,(H2,24,25,27). The monoisotopic (exact) mass is 391 g/mol. The fourth-order valence-electron chi connectivity index (χ4n) is 2.88. The summed E-state index contributed by atoms with van der Waals surface area (Å²) in [6.45, 7) is 0. The van der Waals surface area contributed by atoms with Gasteiger partial charge in [-0.2, -0.15) is 0 Å². The highest BCUT2D eigenvalue weighted by atomic mass is 32.2. The maximum absolute atomic E-state index is 13.0. The Morgan fingerprint density at radius 2 is 1.71 bits per heavy atom. The van der Waals surface area contributed by atoms with E-state index in [1.807, 2.05) is 48.5 Å². The van der Waals surface area contributed by atoms with Gasteiger partial charge in [0.1, 0.15) is 5.82 Å². The number of thioether (sulfide) groups is 1. The van der Waals surface area contributed by atoms with Crippen LogP contribution < -0.4 is 10.6 Å². The van der Waals surface area contributed by atoms with Crippen molar-refractivity contribution >= 4 is 39.9 Å². The van der Waals surface area contributed by atoms with Gasteiger partial charge in [0.15, 0.2) is 0 Å². The molecule has 0 saturated carbocycles. The van der Waals surface area contributed by atoms with Crippen LogP contribution in [0.5, 0.6) is 0 Å². The van der Waals surface area contributed by atoms with Gasteiger partial charge in [-0.1, -0.05) is 36.4 Å². The van der Waals surface area contributed by atoms with Crippen LogP contribution in [0.3, 0.4) is 0 Å². The number of carbonyl (C=O) groups is 1. The lowest BCUT2D eigenvalue weighted by Gasteiger charge is -2.08. The molecule has 3 aromatic rings. The van der Waals surface area contributed by atoms with Gasteiger partial charge >= 0.3 is 6.03 Å². The minimum atomic E-state index is -0.293. The van der Waals surface area contributed by atoms with Crippen LogP contribution in [0, 0.1) is 5.82 Å². The molecule has 0 saturated heterocycles. The molecule has 0 fully saturated rings. The fourth-order valence-corrected chi connectivity index (χ4v) is 3.82. The molecule has 0 aliphatic carbocycles. The molecular formula is C22H18FN3OS. The average molecular weight is 391 g/mol. The number of halogens is 1. The molecule has 0 atom stereocenters. The summed E-state index contributed by atoms with van der Waals surface area (Å²) in [7, 11) is 0. The van der Waals surface area contributed by atoms with Crippen LogP contribution in [-0.4, -0.2) is 11.1 Å². The molecule has 28 heavy (non-hydrogen) atoms. The first-order valence-corrected chi connectivity index (χ1v) is 9.85. The molecule has 4 nitrogen and oxygen atoms in total. The van der Waals surface area contributed by atoms with E-state index in [9.17, 15) is 9.18 Å². The predicted octanol–water partition coefficient (Wildman–Crippen LogP) is 5.99. The number of benzene rings is 3. The molecule has 0 unspecified atom stereocenters. The SMILES string of the molecule is O=C(Nc1ccccc1)Nc1ccc2c(c1)N=C(SCc1ccc(F)cc1)C2. The summed E-state index contributed by atoms with van der Waals surface area (Å²) in [5.74, 6) is 0.521. The first-order valence-electron chi connectivity index (χ1n) is 8.86. The van der Waals surface area contributed by atoms with Crippen LogP contribution in [0.1, 0.15) is 11.1 Å². The molecular weight excluding hydrogens is 373 g/mol. The molecule has 140 valence electrons. The van der Waals surface area contributed by atoms with Crippen molar-refractivity contribution in [3.8, 4) is 0 Å². The highest BCUT2D eigenvalue weighted by molar-refractivity contribution is 8.13. The molecule has 0 spiro atoms. The van der Waals surface area contributed by atoms with E-state index in [0.717, 1.165) is 39.7 Å². The predicted molar refractivity (Wildman–Crippen MR) is 114 cm³/mol. The third kappa shape index (κ3) is 4.58. The van der Waals surface area contributed by atoms with Gasteiger partial charge in [-0.15, -0.1) is 11.8 Å². The quantitative estimate of drug-likeness (QED) is 0.574. The van der Waals surface area contributed by atoms with Crippen molar-refractivity contribution in [3.63, 3.8) is 0 Å². The zero-order valence-electron chi connectivity index (χ0n) is 15.0. The molecule has 1 aliphatic rings. The van der Waals surface area contributed by atoms with Gasteiger partial charge in [-0.3, -0.25) is 0 Å². The lowest BCUT2D eigenvalue weighted by molar-refractivity contribution is 0.262. The summed E-state index contributed by atoms with van der Waals surface area (Å²) in [6.07, 6.45) is 0.775. The van der Waals surface area contributed by atoms with E-state index in [2.05, 4.69) is 15.6 Å². The Kier molecular flexibility index (Phi) is 5.39. The van der Waals surface area contributed by atoms with E-state index in [-0.39, 0.29) is 11.8 Å². The summed E-state index contributed by atoms with van der Waals surface area (Å²) >= 11 is 1.65. The van der Waals surface area contributed by atoms with Crippen molar-refractivity contribution in [1.82, 2.24) is 0 Å². The highest BCUT2D eigenvalue weighted by Gasteiger charge is 2.16. The lowest BCUT2D eigenvalue weighted by Crippen LogP contribution is -2.19. The third-order valence-corrected chi connectivity index (χ3v) is 5.33. The number of nitrogens with one attached hydrogen (secondary N) is 2. The van der Waals surface area contributed by atoms with Crippen molar-refractivity contribution in [1.29, 1.82) is 0 Å². The van der Waals surface area contributed by atoms with Crippen LogP contribution in [-0.2, 0) is 12.2 Å². The van der Waals surface area contributed by atoms with Crippen LogP contribution in [0.4, 0.5) is 26.2 Å². The zero-order chi connectivity index (χ0) is 19.3. The summed E-state index contributed by atoms with van der Waals surface area (Å²) in [5, 5.41) is 6.65. The number of hydrogen-bond donors (Lipinski definition) is 2. The Hall–Kier alpha value is -3.12. The van der Waals surface area contributed by atoms with E-state index >= 15 is 0 Å². The molecule has 1 aliphatic heterocycles. The average Bonchev–Trinajstić information content (AvgIpc) is 3.10. The van der Waals surface area contributed by atoms with Gasteiger partial charge in [0.2, 0.25) is 0 Å². The number of nitrogens with zero attached hydrogens (tertiary/aromatic N) is 1. The molecule has 1 heterocycles. The van der Waals surface area contributed by atoms with Crippen molar-refractivity contribution in [2.45, 2.75) is 12.2 Å². The van der Waals surface area contributed by atoms with E-state index in [0.29, 0.717) is 5.69 Å². The second-order valence-corrected chi connectivity index (χ2v) is 7.43. The number of amides is 2. The number of para-hydroxylation sites is 1. The Labute approximate surface area is 166 Å². The Bertz CT molecular complexity index is 1020. The topological polar surface area (TPSA) is 53.5 Å². The van der Waals surface area contributed by atoms with Gasteiger partial charge in [0.05, 0.1) is 10.7 Å². The molecule has 4 rings (SSSR count). The number of fused-ring (bicyclic) bond motifs is 1. The molecule has 0 aromatic heterocycles. The fraction of sp³-hybridized carbons (Fsp3) is 0.0909. The Morgan fingerprint density at radius 3 is 2.50 bits per heavy atom. The summed E-state index contributed by atoms with van der Waals surface area (Å²) in [6, 6.07) is 21.3. The highest BCUT2D eigenvalue weighted by Crippen LogP contribution is 2.33. The van der Waals surface area contributed by atoms with Crippen molar-refractivity contribution in [2.24, 2.45) is 4.99 Å². The van der Waals surface area contributed by atoms with Crippen molar-refractivity contribution in [3.05, 3.63) is 89.7 Å². The number of carbonyl (C=O) groups excluding carboxylic acids is 1. The molecule has 6 heteroatoms. The lowest BCUT2D eigenvalue weighted by atomic mass is 10.1. The van der Waals surface area contributed by atoms with Gasteiger partial charge in [-0.05, 0) is 47.5 Å². The van der Waals surface area contributed by atoms with Crippen LogP contribution in [0.25, 0.3) is 0 Å². The summed E-state index contributed by atoms with van der Waals surface area (Å²) < 4.78 is 13.0. The second kappa shape index (κ2) is 8.27. The minimum Gasteiger partial charge on any atom is -0.308 e. The van der Waals surface area contributed by atoms with Crippen molar-refractivity contribution in [2.75, 3.05) is 10.6 Å². The Morgan fingerprint density at radius 1 is 0.964 bits per heavy atom. The molecule has 3 aromatic carbocycles. The van der Waals surface area contributed by atoms with Crippen molar-refractivity contribution < 1.29 is 9.18 Å². The number of hydrogen-bond acceptors (Lipinski definition) is 3. The van der Waals surface area contributed by atoms with E-state index in [1.54, 1.807) is 23.9 Å². The number of urea groups is 1. The zero-order valence-corrected chi connectivity index (χ0v) is 15.8. The molecule has 0 bridgehead atoms. The van der Waals surface area contributed by atoms with Gasteiger partial charge in [0.25, 0.3) is 0 Å². The van der Waals surface area contributed by atoms with Crippen LogP contribution in [0.15, 0.2) is 77.8 Å². The number of rotatable bonds is 4. The van der Waals surface area contributed by atoms with Gasteiger partial charge in [0, 0.05) is 23.5 Å². The summed E-state index contributed by atoms with van der Waals surface area (Å²) in [4.78, 5) is 16.8. The van der Waals surface area contributed by atoms with E-state index in [4.69, 9.17) is 0 Å². The van der Waals surface area contributed by atoms with Gasteiger partial charge in [-0.25, -0.2) is 14.2 Å². The summed E-state index contributed by atoms with van der Waals surface area (Å²) in [5.41, 5.74) is 4.50. The maximum atomic E-state index is 13.0. The second-order valence-electron chi connectivity index (χ2n) is 6.39. The number of anilines is 2. The van der Waals surface area contributed by atoms with Crippen LogP contribution >= 0.6 is 11.8 Å². The third-order valence-electron chi connectivity index (χ3n) is 4.28. The normalized spacial score (nSPS) is 12.2. The van der Waals surface area contributed by atoms with Crippen LogP contribution in [0.2, 0.25) is 0 Å². The number of aliphatic imine (C=N–C) groups is 1. The first-order chi connectivity index (χ1) is 13.7. The largest absolute Gasteiger partial charge is 0.323 e. The minimum absolute atomic E-state index is 0.226. The Balaban J connectivity index is 1.37. The smallest absolute Gasteiger partial charge is 0.308 e. The van der Waals surface area contributed by atoms with E-state index < -0.39 is 0 Å². The van der Waals surface area contributed by atoms with E-state index in [1.165, 1.54) is 12.1 Å².